The summed E-state index contributed by atoms with van der Waals surface area (Å²) in [6, 6.07) is 3.78. The predicted molar refractivity (Wildman–Crippen MR) is 61.0 cm³/mol. The normalized spacial score (nSPS) is 13.1. The first kappa shape index (κ1) is 13.1. The third-order valence-corrected chi connectivity index (χ3v) is 2.76. The molecular weight excluding hydrogens is 210 g/mol. The van der Waals surface area contributed by atoms with Crippen molar-refractivity contribution in [3.05, 3.63) is 35.4 Å². The zero-order chi connectivity index (χ0) is 12.1. The molecule has 16 heavy (non-hydrogen) atoms. The van der Waals surface area contributed by atoms with Gasteiger partial charge in [-0.15, -0.1) is 0 Å². The summed E-state index contributed by atoms with van der Waals surface area (Å²) in [5, 5.41) is 0. The molecule has 0 aliphatic rings. The SMILES string of the molecule is CC(CCN)N(C)Cc1cc(F)ccc1F. The summed E-state index contributed by atoms with van der Waals surface area (Å²) in [6.07, 6.45) is 0.841. The third kappa shape index (κ3) is 3.54. The molecule has 0 fully saturated rings. The van der Waals surface area contributed by atoms with Crippen molar-refractivity contribution < 1.29 is 8.78 Å². The van der Waals surface area contributed by atoms with E-state index in [1.165, 1.54) is 6.07 Å². The summed E-state index contributed by atoms with van der Waals surface area (Å²) in [6.45, 7) is 3.01. The van der Waals surface area contributed by atoms with Gasteiger partial charge in [-0.25, -0.2) is 8.78 Å². The minimum Gasteiger partial charge on any atom is -0.330 e. The highest BCUT2D eigenvalue weighted by Gasteiger charge is 2.11. The monoisotopic (exact) mass is 228 g/mol. The van der Waals surface area contributed by atoms with E-state index in [0.717, 1.165) is 18.6 Å². The fourth-order valence-electron chi connectivity index (χ4n) is 1.55. The molecule has 1 aromatic carbocycles. The Bertz CT molecular complexity index is 342. The Morgan fingerprint density at radius 1 is 1.38 bits per heavy atom. The molecule has 0 amide bonds. The Labute approximate surface area is 95.1 Å². The minimum atomic E-state index is -0.406. The van der Waals surface area contributed by atoms with E-state index in [1.807, 2.05) is 18.9 Å². The van der Waals surface area contributed by atoms with Crippen LogP contribution in [0.5, 0.6) is 0 Å². The summed E-state index contributed by atoms with van der Waals surface area (Å²) < 4.78 is 26.3. The van der Waals surface area contributed by atoms with Crippen molar-refractivity contribution in [3.8, 4) is 0 Å². The first-order valence-corrected chi connectivity index (χ1v) is 5.39. The molecule has 0 aliphatic heterocycles. The smallest absolute Gasteiger partial charge is 0.127 e. The van der Waals surface area contributed by atoms with Crippen LogP contribution >= 0.6 is 0 Å². The van der Waals surface area contributed by atoms with Crippen molar-refractivity contribution in [3.63, 3.8) is 0 Å². The van der Waals surface area contributed by atoms with Crippen molar-refractivity contribution >= 4 is 0 Å². The molecule has 1 rings (SSSR count). The zero-order valence-corrected chi connectivity index (χ0v) is 9.71. The van der Waals surface area contributed by atoms with E-state index in [-0.39, 0.29) is 11.9 Å². The summed E-state index contributed by atoms with van der Waals surface area (Å²) in [4.78, 5) is 1.96. The Balaban J connectivity index is 2.68. The van der Waals surface area contributed by atoms with E-state index in [1.54, 1.807) is 0 Å². The number of nitrogens with zero attached hydrogens (tertiary/aromatic N) is 1. The zero-order valence-electron chi connectivity index (χ0n) is 9.71. The fourth-order valence-corrected chi connectivity index (χ4v) is 1.55. The Kier molecular flexibility index (Phi) is 4.83. The van der Waals surface area contributed by atoms with Crippen molar-refractivity contribution in [1.82, 2.24) is 4.90 Å². The molecule has 0 radical (unpaired) electrons. The summed E-state index contributed by atoms with van der Waals surface area (Å²) >= 11 is 0. The molecule has 0 spiro atoms. The van der Waals surface area contributed by atoms with Gasteiger partial charge in [-0.05, 0) is 45.1 Å². The number of hydrogen-bond acceptors (Lipinski definition) is 2. The maximum absolute atomic E-state index is 13.4. The summed E-state index contributed by atoms with van der Waals surface area (Å²) in [7, 11) is 1.88. The Hall–Kier alpha value is -1.00. The van der Waals surface area contributed by atoms with Crippen LogP contribution in [0.1, 0.15) is 18.9 Å². The average molecular weight is 228 g/mol. The van der Waals surface area contributed by atoms with E-state index in [0.29, 0.717) is 18.7 Å². The van der Waals surface area contributed by atoms with Gasteiger partial charge in [0.1, 0.15) is 11.6 Å². The average Bonchev–Trinajstić information content (AvgIpc) is 2.23. The summed E-state index contributed by atoms with van der Waals surface area (Å²) in [5.74, 6) is -0.774. The topological polar surface area (TPSA) is 29.3 Å². The van der Waals surface area contributed by atoms with E-state index in [9.17, 15) is 8.78 Å². The van der Waals surface area contributed by atoms with E-state index >= 15 is 0 Å². The molecule has 0 bridgehead atoms. The van der Waals surface area contributed by atoms with Gasteiger partial charge in [0.2, 0.25) is 0 Å². The second-order valence-electron chi connectivity index (χ2n) is 4.08. The molecule has 1 unspecified atom stereocenters. The lowest BCUT2D eigenvalue weighted by Gasteiger charge is -2.24. The number of nitrogens with two attached hydrogens (primary N) is 1. The molecule has 0 heterocycles. The fraction of sp³-hybridized carbons (Fsp3) is 0.500. The van der Waals surface area contributed by atoms with Gasteiger partial charge < -0.3 is 5.73 Å². The molecule has 4 heteroatoms. The van der Waals surface area contributed by atoms with Crippen LogP contribution in [0, 0.1) is 11.6 Å². The predicted octanol–water partition coefficient (Wildman–Crippen LogP) is 2.13. The second kappa shape index (κ2) is 5.92. The Morgan fingerprint density at radius 2 is 2.06 bits per heavy atom. The number of hydrogen-bond donors (Lipinski definition) is 1. The second-order valence-corrected chi connectivity index (χ2v) is 4.08. The van der Waals surface area contributed by atoms with Gasteiger partial charge in [-0.2, -0.15) is 0 Å². The van der Waals surface area contributed by atoms with Crippen LogP contribution in [0.3, 0.4) is 0 Å². The number of halogens is 2. The van der Waals surface area contributed by atoms with Crippen LogP contribution in [-0.2, 0) is 6.54 Å². The molecule has 90 valence electrons. The first-order chi connectivity index (χ1) is 7.54. The van der Waals surface area contributed by atoms with Gasteiger partial charge in [0.15, 0.2) is 0 Å². The maximum atomic E-state index is 13.4. The van der Waals surface area contributed by atoms with Crippen LogP contribution in [0.15, 0.2) is 18.2 Å². The molecule has 0 saturated carbocycles. The molecule has 2 nitrogen and oxygen atoms in total. The lowest BCUT2D eigenvalue weighted by atomic mass is 10.1. The summed E-state index contributed by atoms with van der Waals surface area (Å²) in [5.41, 5.74) is 5.83. The van der Waals surface area contributed by atoms with Gasteiger partial charge in [0.05, 0.1) is 0 Å². The van der Waals surface area contributed by atoms with E-state index in [2.05, 4.69) is 0 Å². The van der Waals surface area contributed by atoms with Crippen LogP contribution in [-0.4, -0.2) is 24.5 Å². The van der Waals surface area contributed by atoms with Gasteiger partial charge in [-0.3, -0.25) is 4.90 Å². The van der Waals surface area contributed by atoms with E-state index < -0.39 is 5.82 Å². The largest absolute Gasteiger partial charge is 0.330 e. The van der Waals surface area contributed by atoms with Crippen molar-refractivity contribution in [2.24, 2.45) is 5.73 Å². The molecular formula is C12H18F2N2. The highest BCUT2D eigenvalue weighted by atomic mass is 19.1. The quantitative estimate of drug-likeness (QED) is 0.836. The van der Waals surface area contributed by atoms with Crippen LogP contribution in [0.25, 0.3) is 0 Å². The number of rotatable bonds is 5. The van der Waals surface area contributed by atoms with Gasteiger partial charge in [0, 0.05) is 18.2 Å². The van der Waals surface area contributed by atoms with Crippen LogP contribution in [0.4, 0.5) is 8.78 Å². The molecule has 0 aromatic heterocycles. The maximum Gasteiger partial charge on any atom is 0.127 e. The highest BCUT2D eigenvalue weighted by Crippen LogP contribution is 2.13. The van der Waals surface area contributed by atoms with Crippen LogP contribution < -0.4 is 5.73 Å². The molecule has 1 aromatic rings. The first-order valence-electron chi connectivity index (χ1n) is 5.39. The van der Waals surface area contributed by atoms with Crippen LogP contribution in [0.2, 0.25) is 0 Å². The molecule has 1 atom stereocenters. The molecule has 0 aliphatic carbocycles. The third-order valence-electron chi connectivity index (χ3n) is 2.76. The van der Waals surface area contributed by atoms with E-state index in [4.69, 9.17) is 5.73 Å². The van der Waals surface area contributed by atoms with Crippen molar-refractivity contribution in [2.75, 3.05) is 13.6 Å². The van der Waals surface area contributed by atoms with Crippen molar-refractivity contribution in [2.45, 2.75) is 25.9 Å². The molecule has 2 N–H and O–H groups in total. The number of benzene rings is 1. The lowest BCUT2D eigenvalue weighted by Crippen LogP contribution is -2.30. The van der Waals surface area contributed by atoms with Gasteiger partial charge >= 0.3 is 0 Å². The molecule has 0 saturated heterocycles. The standard InChI is InChI=1S/C12H18F2N2/c1-9(5-6-15)16(2)8-10-7-11(13)3-4-12(10)14/h3-4,7,9H,5-6,8,15H2,1-2H3. The minimum absolute atomic E-state index is 0.257. The van der Waals surface area contributed by atoms with Gasteiger partial charge in [0.25, 0.3) is 0 Å². The van der Waals surface area contributed by atoms with Gasteiger partial charge in [-0.1, -0.05) is 0 Å². The Morgan fingerprint density at radius 3 is 2.69 bits per heavy atom. The lowest BCUT2D eigenvalue weighted by molar-refractivity contribution is 0.237. The highest BCUT2D eigenvalue weighted by molar-refractivity contribution is 5.18. The van der Waals surface area contributed by atoms with Crippen molar-refractivity contribution in [1.29, 1.82) is 0 Å².